The van der Waals surface area contributed by atoms with Gasteiger partial charge in [0.1, 0.15) is 66.2 Å². The summed E-state index contributed by atoms with van der Waals surface area (Å²) in [6, 6.07) is 16.8. The maximum atomic E-state index is 12.4. The molecule has 0 unspecified atom stereocenters. The van der Waals surface area contributed by atoms with Gasteiger partial charge in [0.15, 0.2) is 58.4 Å². The molecule has 2 saturated heterocycles. The van der Waals surface area contributed by atoms with Crippen molar-refractivity contribution in [3.8, 4) is 68.6 Å². The van der Waals surface area contributed by atoms with E-state index >= 15 is 0 Å². The number of esters is 1. The maximum Gasteiger partial charge on any atom is 0.510 e. The van der Waals surface area contributed by atoms with Crippen LogP contribution in [0.3, 0.4) is 0 Å². The van der Waals surface area contributed by atoms with Gasteiger partial charge in [0.2, 0.25) is 12.9 Å². The van der Waals surface area contributed by atoms with E-state index in [0.29, 0.717) is 5.56 Å². The van der Waals surface area contributed by atoms with E-state index < -0.39 is 97.5 Å². The molecule has 0 aromatic heterocycles. The quantitative estimate of drug-likeness (QED) is 0.0345. The van der Waals surface area contributed by atoms with E-state index in [1.54, 1.807) is 0 Å². The molecule has 0 amide bonds. The van der Waals surface area contributed by atoms with E-state index in [1.807, 2.05) is 0 Å². The van der Waals surface area contributed by atoms with Gasteiger partial charge in [0.25, 0.3) is 0 Å². The minimum absolute atomic E-state index is 0.000462. The first-order valence-corrected chi connectivity index (χ1v) is 19.1. The van der Waals surface area contributed by atoms with Gasteiger partial charge in [0.05, 0.1) is 18.7 Å². The van der Waals surface area contributed by atoms with Crippen molar-refractivity contribution in [1.29, 1.82) is 0 Å². The summed E-state index contributed by atoms with van der Waals surface area (Å²) in [5.41, 5.74) is -0.0749. The number of benzene rings is 4. The highest BCUT2D eigenvalue weighted by Gasteiger charge is 2.52. The van der Waals surface area contributed by atoms with Gasteiger partial charge < -0.3 is 93.4 Å². The van der Waals surface area contributed by atoms with E-state index in [-0.39, 0.29) is 57.1 Å². The Labute approximate surface area is 356 Å². The average Bonchev–Trinajstić information content (AvgIpc) is 3.26. The summed E-state index contributed by atoms with van der Waals surface area (Å²) in [6.07, 6.45) is -15.5. The van der Waals surface area contributed by atoms with E-state index in [4.69, 9.17) is 37.6 Å². The summed E-state index contributed by atoms with van der Waals surface area (Å²) in [5.74, 6) is -2.51. The summed E-state index contributed by atoms with van der Waals surface area (Å²) >= 11 is 0. The Balaban J connectivity index is 1.21. The summed E-state index contributed by atoms with van der Waals surface area (Å²) in [6.45, 7) is -1.06. The van der Waals surface area contributed by atoms with Crippen LogP contribution in [-0.2, 0) is 18.9 Å². The van der Waals surface area contributed by atoms with Gasteiger partial charge in [-0.2, -0.15) is 0 Å². The number of fused-ring (bicyclic) bond motifs is 1. The van der Waals surface area contributed by atoms with Crippen molar-refractivity contribution in [3.63, 3.8) is 0 Å². The van der Waals surface area contributed by atoms with Gasteiger partial charge in [0, 0.05) is 17.7 Å². The summed E-state index contributed by atoms with van der Waals surface area (Å²) in [5, 5.41) is 106. The molecule has 3 heterocycles. The maximum absolute atomic E-state index is 12.4. The second-order valence-corrected chi connectivity index (χ2v) is 14.5. The van der Waals surface area contributed by atoms with Crippen LogP contribution in [0, 0.1) is 0 Å². The molecule has 7 rings (SSSR count). The lowest BCUT2D eigenvalue weighted by atomic mass is 9.97. The van der Waals surface area contributed by atoms with Crippen molar-refractivity contribution >= 4 is 12.0 Å². The molecule has 20 nitrogen and oxygen atoms in total. The Bertz CT molecular complexity index is 2450. The lowest BCUT2D eigenvalue weighted by molar-refractivity contribution is -0.357. The Morgan fingerprint density at radius 1 is 0.698 bits per heavy atom. The first-order chi connectivity index (χ1) is 30.1. The minimum atomic E-state index is -1.99. The van der Waals surface area contributed by atoms with Crippen molar-refractivity contribution in [1.82, 2.24) is 0 Å². The van der Waals surface area contributed by atoms with Crippen LogP contribution in [0.25, 0.3) is 28.7 Å². The molecule has 0 radical (unpaired) electrons. The van der Waals surface area contributed by atoms with Crippen LogP contribution >= 0.6 is 0 Å². The van der Waals surface area contributed by atoms with Crippen molar-refractivity contribution in [2.24, 2.45) is 0 Å². The number of hydrogen-bond acceptors (Lipinski definition) is 19. The van der Waals surface area contributed by atoms with E-state index in [2.05, 4.69) is 0 Å². The van der Waals surface area contributed by atoms with Crippen LogP contribution in [0.15, 0.2) is 94.2 Å². The lowest BCUT2D eigenvalue weighted by Crippen LogP contribution is -2.65. The Kier molecular flexibility index (Phi) is 13.2. The van der Waals surface area contributed by atoms with E-state index in [9.17, 15) is 60.7 Å². The number of carbonyl (C=O) groups excluding carboxylic acids is 1. The molecule has 0 spiro atoms. The van der Waals surface area contributed by atoms with Crippen molar-refractivity contribution < 1.29 is 93.4 Å². The molecule has 0 saturated carbocycles. The largest absolute Gasteiger partial charge is 0.510 e. The van der Waals surface area contributed by atoms with Crippen LogP contribution in [0.2, 0.25) is 0 Å². The number of phenols is 5. The van der Waals surface area contributed by atoms with Gasteiger partial charge >= 0.3 is 5.97 Å². The van der Waals surface area contributed by atoms with Gasteiger partial charge in [-0.15, -0.1) is 0 Å². The molecule has 0 bridgehead atoms. The minimum Gasteiger partial charge on any atom is -0.508 e. The van der Waals surface area contributed by atoms with Gasteiger partial charge in [-0.25, -0.2) is 0 Å². The molecular formula is C43H43O20+. The van der Waals surface area contributed by atoms with Gasteiger partial charge in [-0.1, -0.05) is 6.07 Å². The number of aromatic hydroxyl groups is 5. The molecule has 63 heavy (non-hydrogen) atoms. The van der Waals surface area contributed by atoms with Crippen LogP contribution < -0.4 is 19.6 Å². The second-order valence-electron chi connectivity index (χ2n) is 14.5. The topological polar surface area (TPSA) is 319 Å². The fraction of sp³-hybridized carbons (Fsp3) is 0.302. The third-order valence-electron chi connectivity index (χ3n) is 10.2. The molecule has 11 N–H and O–H groups in total. The van der Waals surface area contributed by atoms with Gasteiger partial charge in [-0.05, 0) is 72.3 Å². The molecule has 3 aromatic carbocycles. The lowest BCUT2D eigenvalue weighted by Gasteiger charge is -2.45. The third kappa shape index (κ3) is 9.88. The summed E-state index contributed by atoms with van der Waals surface area (Å²) < 4.78 is 46.7. The molecule has 3 aromatic rings. The van der Waals surface area contributed by atoms with Gasteiger partial charge in [-0.3, -0.25) is 4.79 Å². The highest BCUT2D eigenvalue weighted by molar-refractivity contribution is 5.88. The highest BCUT2D eigenvalue weighted by Crippen LogP contribution is 2.44. The van der Waals surface area contributed by atoms with Crippen LogP contribution in [0.4, 0.5) is 0 Å². The van der Waals surface area contributed by atoms with Crippen LogP contribution in [-0.4, -0.2) is 144 Å². The summed E-state index contributed by atoms with van der Waals surface area (Å²) in [7, 11) is 1.30. The number of phenolic OH excluding ortho intramolecular Hbond substituents is 5. The molecule has 4 aliphatic rings. The van der Waals surface area contributed by atoms with Crippen molar-refractivity contribution in [2.75, 3.05) is 20.3 Å². The van der Waals surface area contributed by atoms with E-state index in [0.717, 1.165) is 18.2 Å². The fourth-order valence-electron chi connectivity index (χ4n) is 6.76. The molecule has 20 heteroatoms. The monoisotopic (exact) mass is 879 g/mol. The first-order valence-electron chi connectivity index (χ1n) is 19.1. The zero-order valence-corrected chi connectivity index (χ0v) is 32.9. The molecular weight excluding hydrogens is 836 g/mol. The zero-order valence-electron chi connectivity index (χ0n) is 32.9. The van der Waals surface area contributed by atoms with Crippen LogP contribution in [0.5, 0.6) is 46.0 Å². The Morgan fingerprint density at radius 3 is 2.13 bits per heavy atom. The fourth-order valence-corrected chi connectivity index (χ4v) is 6.76. The number of aliphatic hydroxyl groups is 5. The molecule has 1 aliphatic carbocycles. The van der Waals surface area contributed by atoms with Crippen molar-refractivity contribution in [3.05, 3.63) is 101 Å². The predicted molar refractivity (Wildman–Crippen MR) is 215 cm³/mol. The number of rotatable bonds is 13. The zero-order chi connectivity index (χ0) is 45.1. The predicted octanol–water partition coefficient (Wildman–Crippen LogP) is 1.28. The first kappa shape index (κ1) is 44.4. The number of hydrogen-bond donors (Lipinski definition) is 10. The average molecular weight is 880 g/mol. The van der Waals surface area contributed by atoms with Crippen molar-refractivity contribution in [2.45, 2.75) is 61.4 Å². The number of methoxy groups -OCH3 is 1. The molecule has 334 valence electrons. The van der Waals surface area contributed by atoms with Crippen LogP contribution in [0.1, 0.15) is 5.56 Å². The Morgan fingerprint density at radius 2 is 1.40 bits per heavy atom. The molecule has 10 atom stereocenters. The second kappa shape index (κ2) is 18.8. The Hall–Kier alpha value is -6.62. The molecule has 2 fully saturated rings. The SMILES string of the molecule is COc1cc(-c2oc3cc(=O)cc(O)c-3cc2O[C@@H]2O[C@H](COC(=[OH+])C=Cc3ccc(O)c(O)c3)[C@@H](O)[C@H](O)[C@H]2O[C@@H]2O[C@H](COc3ccc(O)cc3)[C@@H](O)[C@H](O)[C@H]2O)ccc1O. The smallest absolute Gasteiger partial charge is 0.508 e. The highest BCUT2D eigenvalue weighted by atomic mass is 16.8. The normalized spacial score (nSPS) is 26.1. The standard InChI is InChI=1S/C43H42O20/c1-56-30-13-20(4-10-26(30)47)40-31(16-24-27(48)14-22(45)15-29(24)59-40)60-43-41(63-42-39(55)37(53)35(51)32(61-42)17-57-23-7-5-21(44)6-8-23)38(54)36(52)33(62-43)18-58-34(50)11-3-19-2-9-25(46)28(49)12-19/h2-16,32-33,35-39,41-44,46-49,51-55H,17-18H2,1H3/p+1/t32-,33-,35-,36-,37+,38+,39-,41-,42+,43-/m1/s1. The molecule has 3 aliphatic heterocycles. The van der Waals surface area contributed by atoms with E-state index in [1.165, 1.54) is 79.9 Å². The number of ether oxygens (including phenoxy) is 7. The number of aliphatic hydroxyl groups excluding tert-OH is 5. The third-order valence-corrected chi connectivity index (χ3v) is 10.2. The summed E-state index contributed by atoms with van der Waals surface area (Å²) in [4.78, 5) is 22.9.